The van der Waals surface area contributed by atoms with E-state index < -0.39 is 0 Å². The number of imidazole rings is 1. The maximum Gasteiger partial charge on any atom is 0.259 e. The van der Waals surface area contributed by atoms with Gasteiger partial charge in [0.25, 0.3) is 5.56 Å². The third-order valence-corrected chi connectivity index (χ3v) is 4.71. The maximum absolute atomic E-state index is 12.7. The lowest BCUT2D eigenvalue weighted by Gasteiger charge is -2.12. The first-order valence-corrected chi connectivity index (χ1v) is 8.86. The first-order chi connectivity index (χ1) is 13.8. The van der Waals surface area contributed by atoms with E-state index in [1.807, 2.05) is 65.4 Å². The third-order valence-electron chi connectivity index (χ3n) is 4.71. The summed E-state index contributed by atoms with van der Waals surface area (Å²) in [5, 5.41) is 5.20. The lowest BCUT2D eigenvalue weighted by molar-refractivity contribution is 0.780. The van der Waals surface area contributed by atoms with Crippen LogP contribution in [0.15, 0.2) is 84.4 Å². The van der Waals surface area contributed by atoms with Crippen molar-refractivity contribution in [3.05, 3.63) is 95.6 Å². The molecule has 5 aromatic rings. The summed E-state index contributed by atoms with van der Waals surface area (Å²) in [5.41, 5.74) is 3.18. The van der Waals surface area contributed by atoms with Crippen LogP contribution in [-0.2, 0) is 6.54 Å². The van der Waals surface area contributed by atoms with Crippen LogP contribution < -0.4 is 5.56 Å². The Morgan fingerprint density at radius 3 is 2.79 bits per heavy atom. The molecule has 0 bridgehead atoms. The zero-order valence-electron chi connectivity index (χ0n) is 14.9. The fourth-order valence-corrected chi connectivity index (χ4v) is 3.38. The fourth-order valence-electron chi connectivity index (χ4n) is 3.38. The van der Waals surface area contributed by atoms with Crippen molar-refractivity contribution in [1.29, 1.82) is 0 Å². The van der Waals surface area contributed by atoms with Crippen molar-refractivity contribution in [2.75, 3.05) is 0 Å². The van der Waals surface area contributed by atoms with Gasteiger partial charge in [-0.2, -0.15) is 5.10 Å². The van der Waals surface area contributed by atoms with Gasteiger partial charge in [-0.05, 0) is 29.1 Å². The molecule has 0 unspecified atom stereocenters. The Labute approximate surface area is 159 Å². The van der Waals surface area contributed by atoms with Crippen LogP contribution in [-0.4, -0.2) is 29.3 Å². The SMILES string of the molecule is O=c1[nH]c2ccccc2cc1-c1nccn1Cc1ccccc1-n1cncn1. The summed E-state index contributed by atoms with van der Waals surface area (Å²) in [6.07, 6.45) is 6.76. The van der Waals surface area contributed by atoms with Crippen molar-refractivity contribution in [3.63, 3.8) is 0 Å². The second kappa shape index (κ2) is 6.62. The van der Waals surface area contributed by atoms with E-state index in [1.165, 1.54) is 6.33 Å². The minimum atomic E-state index is -0.157. The van der Waals surface area contributed by atoms with E-state index >= 15 is 0 Å². The summed E-state index contributed by atoms with van der Waals surface area (Å²) in [5.74, 6) is 0.625. The molecule has 1 N–H and O–H groups in total. The molecule has 0 saturated carbocycles. The molecule has 0 saturated heterocycles. The van der Waals surface area contributed by atoms with E-state index in [2.05, 4.69) is 20.1 Å². The number of rotatable bonds is 4. The number of fused-ring (bicyclic) bond motifs is 1. The van der Waals surface area contributed by atoms with Crippen molar-refractivity contribution < 1.29 is 0 Å². The largest absolute Gasteiger partial charge is 0.326 e. The smallest absolute Gasteiger partial charge is 0.259 e. The Kier molecular flexibility index (Phi) is 3.83. The second-order valence-corrected chi connectivity index (χ2v) is 6.45. The van der Waals surface area contributed by atoms with Crippen LogP contribution in [0.4, 0.5) is 0 Å². The van der Waals surface area contributed by atoms with E-state index in [-0.39, 0.29) is 5.56 Å². The van der Waals surface area contributed by atoms with E-state index in [0.717, 1.165) is 22.2 Å². The molecule has 5 rings (SSSR count). The van der Waals surface area contributed by atoms with Crippen LogP contribution in [0, 0.1) is 0 Å². The predicted molar refractivity (Wildman–Crippen MR) is 106 cm³/mol. The lowest BCUT2D eigenvalue weighted by Crippen LogP contribution is -2.13. The Hall–Kier alpha value is -4.00. The maximum atomic E-state index is 12.7. The molecule has 3 heterocycles. The van der Waals surface area contributed by atoms with Crippen molar-refractivity contribution in [3.8, 4) is 17.1 Å². The molecule has 3 aromatic heterocycles. The first-order valence-electron chi connectivity index (χ1n) is 8.86. The second-order valence-electron chi connectivity index (χ2n) is 6.45. The van der Waals surface area contributed by atoms with E-state index in [9.17, 15) is 4.79 Å². The zero-order chi connectivity index (χ0) is 18.9. The minimum Gasteiger partial charge on any atom is -0.326 e. The summed E-state index contributed by atoms with van der Waals surface area (Å²) in [4.78, 5) is 24.1. The zero-order valence-corrected chi connectivity index (χ0v) is 14.9. The molecule has 0 fully saturated rings. The van der Waals surface area contributed by atoms with Crippen molar-refractivity contribution in [1.82, 2.24) is 29.3 Å². The number of H-pyrrole nitrogens is 1. The number of nitrogens with zero attached hydrogens (tertiary/aromatic N) is 5. The van der Waals surface area contributed by atoms with Crippen molar-refractivity contribution >= 4 is 10.9 Å². The summed E-state index contributed by atoms with van der Waals surface area (Å²) < 4.78 is 3.70. The van der Waals surface area contributed by atoms with Gasteiger partial charge in [0.15, 0.2) is 0 Å². The van der Waals surface area contributed by atoms with Crippen LogP contribution in [0.1, 0.15) is 5.56 Å². The standard InChI is InChI=1S/C21H16N6O/c28-21-17(11-15-5-1-3-7-18(15)25-21)20-23-9-10-26(20)12-16-6-2-4-8-19(16)27-14-22-13-24-27/h1-11,13-14H,12H2,(H,25,28). The van der Waals surface area contributed by atoms with Gasteiger partial charge in [-0.3, -0.25) is 4.79 Å². The van der Waals surface area contributed by atoms with Gasteiger partial charge in [-0.25, -0.2) is 14.6 Å². The minimum absolute atomic E-state index is 0.157. The van der Waals surface area contributed by atoms with E-state index in [4.69, 9.17) is 0 Å². The van der Waals surface area contributed by atoms with Gasteiger partial charge in [0.1, 0.15) is 18.5 Å². The summed E-state index contributed by atoms with van der Waals surface area (Å²) in [7, 11) is 0. The number of nitrogens with one attached hydrogen (secondary N) is 1. The van der Waals surface area contributed by atoms with Gasteiger partial charge < -0.3 is 9.55 Å². The van der Waals surface area contributed by atoms with Crippen molar-refractivity contribution in [2.45, 2.75) is 6.54 Å². The molecular weight excluding hydrogens is 352 g/mol. The number of hydrogen-bond acceptors (Lipinski definition) is 4. The highest BCUT2D eigenvalue weighted by Crippen LogP contribution is 2.21. The van der Waals surface area contributed by atoms with E-state index in [0.29, 0.717) is 17.9 Å². The number of pyridine rings is 1. The molecule has 0 aliphatic heterocycles. The number of aromatic amines is 1. The van der Waals surface area contributed by atoms with E-state index in [1.54, 1.807) is 17.2 Å². The molecule has 0 aliphatic carbocycles. The molecule has 0 radical (unpaired) electrons. The molecule has 7 heteroatoms. The topological polar surface area (TPSA) is 81.4 Å². The Bertz CT molecular complexity index is 1320. The third kappa shape index (κ3) is 2.79. The van der Waals surface area contributed by atoms with Crippen LogP contribution >= 0.6 is 0 Å². The number of aromatic nitrogens is 6. The van der Waals surface area contributed by atoms with Crippen LogP contribution in [0.25, 0.3) is 28.0 Å². The highest BCUT2D eigenvalue weighted by Gasteiger charge is 2.13. The number of benzene rings is 2. The quantitative estimate of drug-likeness (QED) is 0.529. The Morgan fingerprint density at radius 1 is 1.04 bits per heavy atom. The molecule has 0 amide bonds. The normalized spacial score (nSPS) is 11.1. The van der Waals surface area contributed by atoms with Gasteiger partial charge in [0.05, 0.1) is 17.8 Å². The fraction of sp³-hybridized carbons (Fsp3) is 0.0476. The molecule has 0 atom stereocenters. The Balaban J connectivity index is 1.59. The van der Waals surface area contributed by atoms with Crippen LogP contribution in [0.3, 0.4) is 0 Å². The predicted octanol–water partition coefficient (Wildman–Crippen LogP) is 3.02. The molecule has 136 valence electrons. The molecule has 28 heavy (non-hydrogen) atoms. The highest BCUT2D eigenvalue weighted by atomic mass is 16.1. The van der Waals surface area contributed by atoms with Crippen LogP contribution in [0.2, 0.25) is 0 Å². The van der Waals surface area contributed by atoms with Gasteiger partial charge in [0, 0.05) is 17.9 Å². The van der Waals surface area contributed by atoms with Crippen LogP contribution in [0.5, 0.6) is 0 Å². The monoisotopic (exact) mass is 368 g/mol. The summed E-state index contributed by atoms with van der Waals surface area (Å²) >= 11 is 0. The number of para-hydroxylation sites is 2. The Morgan fingerprint density at radius 2 is 1.89 bits per heavy atom. The molecule has 0 aliphatic rings. The van der Waals surface area contributed by atoms with Gasteiger partial charge in [0.2, 0.25) is 0 Å². The molecule has 2 aromatic carbocycles. The molecular formula is C21H16N6O. The summed E-state index contributed by atoms with van der Waals surface area (Å²) in [6, 6.07) is 17.6. The highest BCUT2D eigenvalue weighted by molar-refractivity contribution is 5.82. The molecule has 0 spiro atoms. The van der Waals surface area contributed by atoms with Crippen molar-refractivity contribution in [2.24, 2.45) is 0 Å². The average molecular weight is 368 g/mol. The van der Waals surface area contributed by atoms with Gasteiger partial charge in [-0.15, -0.1) is 0 Å². The number of hydrogen-bond donors (Lipinski definition) is 1. The summed E-state index contributed by atoms with van der Waals surface area (Å²) in [6.45, 7) is 0.553. The van der Waals surface area contributed by atoms with Gasteiger partial charge >= 0.3 is 0 Å². The van der Waals surface area contributed by atoms with Gasteiger partial charge in [-0.1, -0.05) is 36.4 Å². The molecule has 7 nitrogen and oxygen atoms in total. The lowest BCUT2D eigenvalue weighted by atomic mass is 10.1. The average Bonchev–Trinajstić information content (AvgIpc) is 3.40. The first kappa shape index (κ1) is 16.2.